The van der Waals surface area contributed by atoms with Gasteiger partial charge in [-0.25, -0.2) is 0 Å². The van der Waals surface area contributed by atoms with Crippen molar-refractivity contribution in [3.63, 3.8) is 0 Å². The van der Waals surface area contributed by atoms with Gasteiger partial charge in [0.25, 0.3) is 0 Å². The Bertz CT molecular complexity index is 497. The van der Waals surface area contributed by atoms with E-state index in [0.29, 0.717) is 0 Å². The third kappa shape index (κ3) is 5.65. The van der Waals surface area contributed by atoms with Gasteiger partial charge in [0, 0.05) is 12.2 Å². The van der Waals surface area contributed by atoms with Crippen LogP contribution in [0.5, 0.6) is 5.75 Å². The first-order valence-corrected chi connectivity index (χ1v) is 8.81. The third-order valence-corrected chi connectivity index (χ3v) is 4.62. The van der Waals surface area contributed by atoms with Crippen LogP contribution in [0.1, 0.15) is 32.1 Å². The number of likely N-dealkylation sites (tertiary alicyclic amines) is 1. The highest BCUT2D eigenvalue weighted by Crippen LogP contribution is 2.17. The average Bonchev–Trinajstić information content (AvgIpc) is 3.12. The van der Waals surface area contributed by atoms with Crippen LogP contribution in [0.4, 0.5) is 5.69 Å². The Hall–Kier alpha value is -1.30. The molecule has 3 rings (SSSR count). The summed E-state index contributed by atoms with van der Waals surface area (Å²) in [6.07, 6.45) is 5.97. The number of ether oxygens (including phenoxy) is 1. The molecule has 0 saturated carbocycles. The number of benzene rings is 1. The van der Waals surface area contributed by atoms with Gasteiger partial charge in [-0.3, -0.25) is 9.69 Å². The van der Waals surface area contributed by atoms with Crippen LogP contribution in [0.2, 0.25) is 0 Å². The molecule has 0 aliphatic carbocycles. The van der Waals surface area contributed by atoms with Crippen LogP contribution in [-0.4, -0.2) is 49.6 Å². The molecule has 2 saturated heterocycles. The second kappa shape index (κ2) is 9.87. The Morgan fingerprint density at radius 2 is 1.92 bits per heavy atom. The van der Waals surface area contributed by atoms with E-state index < -0.39 is 0 Å². The van der Waals surface area contributed by atoms with Crippen molar-refractivity contribution < 1.29 is 9.53 Å². The molecule has 1 aromatic carbocycles. The topological polar surface area (TPSA) is 53.6 Å². The summed E-state index contributed by atoms with van der Waals surface area (Å²) >= 11 is 0. The quantitative estimate of drug-likeness (QED) is 0.825. The summed E-state index contributed by atoms with van der Waals surface area (Å²) in [5.74, 6) is 0.917. The smallest absolute Gasteiger partial charge is 0.241 e. The summed E-state index contributed by atoms with van der Waals surface area (Å²) in [6, 6.07) is 7.61. The Labute approximate surface area is 150 Å². The molecule has 5 nitrogen and oxygen atoms in total. The highest BCUT2D eigenvalue weighted by atomic mass is 35.5. The van der Waals surface area contributed by atoms with Crippen molar-refractivity contribution in [2.24, 2.45) is 0 Å². The zero-order valence-corrected chi connectivity index (χ0v) is 14.9. The van der Waals surface area contributed by atoms with E-state index in [1.807, 2.05) is 24.3 Å². The van der Waals surface area contributed by atoms with E-state index in [4.69, 9.17) is 4.74 Å². The van der Waals surface area contributed by atoms with Crippen LogP contribution < -0.4 is 15.4 Å². The highest BCUT2D eigenvalue weighted by Gasteiger charge is 2.21. The van der Waals surface area contributed by atoms with Crippen LogP contribution in [0, 0.1) is 0 Å². The summed E-state index contributed by atoms with van der Waals surface area (Å²) in [4.78, 5) is 14.5. The molecule has 1 atom stereocenters. The number of hydrogen-bond acceptors (Lipinski definition) is 4. The van der Waals surface area contributed by atoms with Crippen LogP contribution in [0.3, 0.4) is 0 Å². The predicted octanol–water partition coefficient (Wildman–Crippen LogP) is 2.66. The third-order valence-electron chi connectivity index (χ3n) is 4.62. The highest BCUT2D eigenvalue weighted by molar-refractivity contribution is 5.95. The van der Waals surface area contributed by atoms with E-state index in [1.165, 1.54) is 32.4 Å². The van der Waals surface area contributed by atoms with Crippen LogP contribution in [-0.2, 0) is 4.79 Å². The van der Waals surface area contributed by atoms with E-state index in [-0.39, 0.29) is 24.4 Å². The molecule has 6 heteroatoms. The molecule has 2 heterocycles. The summed E-state index contributed by atoms with van der Waals surface area (Å²) in [6.45, 7) is 5.04. The van der Waals surface area contributed by atoms with Gasteiger partial charge in [-0.1, -0.05) is 6.42 Å². The van der Waals surface area contributed by atoms with E-state index >= 15 is 0 Å². The van der Waals surface area contributed by atoms with Crippen molar-refractivity contribution in [3.05, 3.63) is 24.3 Å². The number of nitrogens with one attached hydrogen (secondary N) is 2. The molecule has 134 valence electrons. The maximum Gasteiger partial charge on any atom is 0.241 e. The van der Waals surface area contributed by atoms with Gasteiger partial charge in [-0.2, -0.15) is 0 Å². The minimum atomic E-state index is -0.0459. The molecular formula is C18H28ClN3O2. The second-order valence-electron chi connectivity index (χ2n) is 6.41. The van der Waals surface area contributed by atoms with Crippen molar-refractivity contribution in [3.8, 4) is 5.75 Å². The number of carbonyl (C=O) groups excluding carboxylic acids is 1. The van der Waals surface area contributed by atoms with Crippen molar-refractivity contribution >= 4 is 24.0 Å². The molecule has 1 aromatic rings. The molecule has 2 N–H and O–H groups in total. The predicted molar refractivity (Wildman–Crippen MR) is 99.1 cm³/mol. The lowest BCUT2D eigenvalue weighted by molar-refractivity contribution is -0.117. The van der Waals surface area contributed by atoms with Gasteiger partial charge in [-0.05, 0) is 69.6 Å². The van der Waals surface area contributed by atoms with Crippen molar-refractivity contribution in [2.45, 2.75) is 38.1 Å². The van der Waals surface area contributed by atoms with Gasteiger partial charge < -0.3 is 15.4 Å². The number of rotatable bonds is 6. The summed E-state index contributed by atoms with van der Waals surface area (Å²) in [5, 5.41) is 6.16. The first kappa shape index (κ1) is 19.0. The molecule has 0 bridgehead atoms. The first-order chi connectivity index (χ1) is 11.3. The lowest BCUT2D eigenvalue weighted by atomic mass is 10.1. The number of amides is 1. The Morgan fingerprint density at radius 1 is 1.17 bits per heavy atom. The number of anilines is 1. The van der Waals surface area contributed by atoms with Crippen molar-refractivity contribution in [1.82, 2.24) is 10.2 Å². The van der Waals surface area contributed by atoms with Gasteiger partial charge in [0.15, 0.2) is 0 Å². The fourth-order valence-electron chi connectivity index (χ4n) is 3.25. The lowest BCUT2D eigenvalue weighted by Crippen LogP contribution is -2.35. The number of carbonyl (C=O) groups is 1. The molecule has 2 aliphatic heterocycles. The summed E-state index contributed by atoms with van der Waals surface area (Å²) in [7, 11) is 0. The summed E-state index contributed by atoms with van der Waals surface area (Å²) in [5.41, 5.74) is 0.826. The molecule has 1 amide bonds. The number of nitrogens with zero attached hydrogens (tertiary/aromatic N) is 1. The zero-order chi connectivity index (χ0) is 15.9. The first-order valence-electron chi connectivity index (χ1n) is 8.81. The van der Waals surface area contributed by atoms with E-state index in [2.05, 4.69) is 15.5 Å². The van der Waals surface area contributed by atoms with Crippen LogP contribution >= 0.6 is 12.4 Å². The lowest BCUT2D eigenvalue weighted by Gasteiger charge is -2.26. The SMILES string of the molecule is Cl.O=C(Nc1ccc(OCCN2CCCCC2)cc1)C1CCCN1. The Kier molecular flexibility index (Phi) is 7.82. The molecule has 1 unspecified atom stereocenters. The van der Waals surface area contributed by atoms with Gasteiger partial charge in [-0.15, -0.1) is 12.4 Å². The van der Waals surface area contributed by atoms with Crippen LogP contribution in [0.25, 0.3) is 0 Å². The van der Waals surface area contributed by atoms with E-state index in [1.54, 1.807) is 0 Å². The zero-order valence-electron chi connectivity index (χ0n) is 14.1. The summed E-state index contributed by atoms with van der Waals surface area (Å²) < 4.78 is 5.80. The Morgan fingerprint density at radius 3 is 2.58 bits per heavy atom. The molecule has 24 heavy (non-hydrogen) atoms. The standard InChI is InChI=1S/C18H27N3O2.ClH/c22-18(17-5-4-10-19-17)20-15-6-8-16(9-7-15)23-14-13-21-11-2-1-3-12-21;/h6-9,17,19H,1-5,10-14H2,(H,20,22);1H. The number of piperidine rings is 1. The minimum absolute atomic E-state index is 0. The van der Waals surface area contributed by atoms with Gasteiger partial charge >= 0.3 is 0 Å². The number of halogens is 1. The molecular weight excluding hydrogens is 326 g/mol. The minimum Gasteiger partial charge on any atom is -0.492 e. The fourth-order valence-corrected chi connectivity index (χ4v) is 3.25. The van der Waals surface area contributed by atoms with E-state index in [9.17, 15) is 4.79 Å². The van der Waals surface area contributed by atoms with Crippen molar-refractivity contribution in [2.75, 3.05) is 38.1 Å². The molecule has 0 spiro atoms. The molecule has 0 aromatic heterocycles. The van der Waals surface area contributed by atoms with Gasteiger partial charge in [0.05, 0.1) is 6.04 Å². The number of hydrogen-bond donors (Lipinski definition) is 2. The molecule has 2 aliphatic rings. The average molecular weight is 354 g/mol. The Balaban J connectivity index is 0.00000208. The van der Waals surface area contributed by atoms with Crippen molar-refractivity contribution in [1.29, 1.82) is 0 Å². The molecule has 2 fully saturated rings. The van der Waals surface area contributed by atoms with Gasteiger partial charge in [0.1, 0.15) is 12.4 Å². The maximum absolute atomic E-state index is 12.0. The molecule has 0 radical (unpaired) electrons. The monoisotopic (exact) mass is 353 g/mol. The normalized spacial score (nSPS) is 21.1. The fraction of sp³-hybridized carbons (Fsp3) is 0.611. The van der Waals surface area contributed by atoms with Crippen LogP contribution in [0.15, 0.2) is 24.3 Å². The van der Waals surface area contributed by atoms with Gasteiger partial charge in [0.2, 0.25) is 5.91 Å². The van der Waals surface area contributed by atoms with E-state index in [0.717, 1.165) is 44.0 Å². The second-order valence-corrected chi connectivity index (χ2v) is 6.41. The maximum atomic E-state index is 12.0. The largest absolute Gasteiger partial charge is 0.492 e.